The molecule has 0 aromatic heterocycles. The van der Waals surface area contributed by atoms with Crippen molar-refractivity contribution >= 4 is 27.8 Å². The van der Waals surface area contributed by atoms with Gasteiger partial charge in [-0.1, -0.05) is 15.9 Å². The summed E-state index contributed by atoms with van der Waals surface area (Å²) in [4.78, 5) is 23.2. The number of carbonyl (C=O) groups excluding carboxylic acids is 1. The second-order valence-electron chi connectivity index (χ2n) is 5.07. The number of carbonyl (C=O) groups is 2. The summed E-state index contributed by atoms with van der Waals surface area (Å²) in [6.07, 6.45) is 0.384. The highest BCUT2D eigenvalue weighted by Crippen LogP contribution is 2.24. The number of ether oxygens (including phenoxy) is 1. The van der Waals surface area contributed by atoms with Crippen LogP contribution in [0.5, 0.6) is 0 Å². The Morgan fingerprint density at radius 3 is 2.80 bits per heavy atom. The first-order chi connectivity index (χ1) is 9.42. The van der Waals surface area contributed by atoms with Crippen LogP contribution in [0, 0.1) is 6.92 Å². The van der Waals surface area contributed by atoms with Crippen LogP contribution in [0.1, 0.15) is 28.8 Å². The maximum absolute atomic E-state index is 12.3. The van der Waals surface area contributed by atoms with Crippen molar-refractivity contribution in [1.29, 1.82) is 0 Å². The van der Waals surface area contributed by atoms with Crippen LogP contribution in [0.2, 0.25) is 0 Å². The summed E-state index contributed by atoms with van der Waals surface area (Å²) >= 11 is 3.38. The van der Waals surface area contributed by atoms with Crippen LogP contribution >= 0.6 is 15.9 Å². The van der Waals surface area contributed by atoms with Gasteiger partial charge >= 0.3 is 5.97 Å². The maximum Gasteiger partial charge on any atom is 0.305 e. The van der Waals surface area contributed by atoms with Crippen LogP contribution in [0.15, 0.2) is 22.7 Å². The molecular weight excluding hydrogens is 326 g/mol. The Bertz CT molecular complexity index is 538. The SMILES string of the molecule is Cc1cc(C(=O)NC2(CC(=O)O)CCOC2)ccc1Br. The highest BCUT2D eigenvalue weighted by Gasteiger charge is 2.38. The monoisotopic (exact) mass is 341 g/mol. The van der Waals surface area contributed by atoms with E-state index in [1.807, 2.05) is 6.92 Å². The predicted octanol–water partition coefficient (Wildman–Crippen LogP) is 2.12. The average molecular weight is 342 g/mol. The lowest BCUT2D eigenvalue weighted by atomic mass is 9.93. The van der Waals surface area contributed by atoms with Crippen molar-refractivity contribution in [1.82, 2.24) is 5.32 Å². The first kappa shape index (κ1) is 15.0. The van der Waals surface area contributed by atoms with E-state index in [-0.39, 0.29) is 18.9 Å². The standard InChI is InChI=1S/C14H16BrNO4/c1-9-6-10(2-3-11(9)15)13(19)16-14(7-12(17)18)4-5-20-8-14/h2-3,6H,4-5,7-8H2,1H3,(H,16,19)(H,17,18). The lowest BCUT2D eigenvalue weighted by Gasteiger charge is -2.27. The van der Waals surface area contributed by atoms with Crippen molar-refractivity contribution in [2.45, 2.75) is 25.3 Å². The molecule has 20 heavy (non-hydrogen) atoms. The van der Waals surface area contributed by atoms with Crippen LogP contribution in [-0.4, -0.2) is 35.7 Å². The van der Waals surface area contributed by atoms with E-state index in [1.54, 1.807) is 18.2 Å². The highest BCUT2D eigenvalue weighted by molar-refractivity contribution is 9.10. The molecule has 0 aliphatic carbocycles. The summed E-state index contributed by atoms with van der Waals surface area (Å²) in [7, 11) is 0. The molecule has 1 aromatic carbocycles. The highest BCUT2D eigenvalue weighted by atomic mass is 79.9. The third-order valence-corrected chi connectivity index (χ3v) is 4.28. The van der Waals surface area contributed by atoms with Crippen molar-refractivity contribution in [3.8, 4) is 0 Å². The van der Waals surface area contributed by atoms with Crippen LogP contribution < -0.4 is 5.32 Å². The number of hydrogen-bond donors (Lipinski definition) is 2. The van der Waals surface area contributed by atoms with Crippen molar-refractivity contribution in [3.63, 3.8) is 0 Å². The summed E-state index contributed by atoms with van der Waals surface area (Å²) in [6.45, 7) is 2.60. The molecule has 1 saturated heterocycles. The zero-order valence-electron chi connectivity index (χ0n) is 11.1. The molecule has 0 saturated carbocycles. The fourth-order valence-electron chi connectivity index (χ4n) is 2.28. The molecular formula is C14H16BrNO4. The lowest BCUT2D eigenvalue weighted by Crippen LogP contribution is -2.50. The van der Waals surface area contributed by atoms with Gasteiger partial charge in [0, 0.05) is 16.6 Å². The number of halogens is 1. The molecule has 5 nitrogen and oxygen atoms in total. The first-order valence-corrected chi connectivity index (χ1v) is 7.09. The van der Waals surface area contributed by atoms with Gasteiger partial charge in [0.1, 0.15) is 0 Å². The number of amides is 1. The molecule has 6 heteroatoms. The Kier molecular flexibility index (Phi) is 4.45. The normalized spacial score (nSPS) is 21.7. The quantitative estimate of drug-likeness (QED) is 0.879. The molecule has 1 heterocycles. The van der Waals surface area contributed by atoms with Gasteiger partial charge < -0.3 is 15.2 Å². The largest absolute Gasteiger partial charge is 0.481 e. The van der Waals surface area contributed by atoms with E-state index in [4.69, 9.17) is 9.84 Å². The Labute approximate surface area is 125 Å². The Morgan fingerprint density at radius 1 is 1.50 bits per heavy atom. The number of rotatable bonds is 4. The smallest absolute Gasteiger partial charge is 0.305 e. The minimum atomic E-state index is -0.942. The number of carboxylic acids is 1. The molecule has 0 radical (unpaired) electrons. The number of aliphatic carboxylic acids is 1. The van der Waals surface area contributed by atoms with Crippen LogP contribution in [-0.2, 0) is 9.53 Å². The molecule has 1 atom stereocenters. The molecule has 1 aromatic rings. The zero-order valence-corrected chi connectivity index (χ0v) is 12.7. The van der Waals surface area contributed by atoms with Gasteiger partial charge in [-0.15, -0.1) is 0 Å². The first-order valence-electron chi connectivity index (χ1n) is 6.30. The summed E-state index contributed by atoms with van der Waals surface area (Å²) in [5.74, 6) is -1.21. The van der Waals surface area contributed by atoms with Crippen LogP contribution in [0.25, 0.3) is 0 Å². The summed E-state index contributed by atoms with van der Waals surface area (Å²) in [6, 6.07) is 5.28. The van der Waals surface area contributed by atoms with Crippen molar-refractivity contribution < 1.29 is 19.4 Å². The molecule has 1 fully saturated rings. The van der Waals surface area contributed by atoms with E-state index in [0.29, 0.717) is 18.6 Å². The van der Waals surface area contributed by atoms with Gasteiger partial charge in [-0.05, 0) is 37.1 Å². The topological polar surface area (TPSA) is 75.6 Å². The molecule has 1 aliphatic rings. The molecule has 1 unspecified atom stereocenters. The lowest BCUT2D eigenvalue weighted by molar-refractivity contribution is -0.138. The minimum absolute atomic E-state index is 0.131. The molecule has 1 aliphatic heterocycles. The average Bonchev–Trinajstić information content (AvgIpc) is 2.79. The predicted molar refractivity (Wildman–Crippen MR) is 76.8 cm³/mol. The van der Waals surface area contributed by atoms with E-state index < -0.39 is 11.5 Å². The van der Waals surface area contributed by atoms with Gasteiger partial charge in [-0.2, -0.15) is 0 Å². The van der Waals surface area contributed by atoms with E-state index in [9.17, 15) is 9.59 Å². The zero-order chi connectivity index (χ0) is 14.8. The Balaban J connectivity index is 2.16. The summed E-state index contributed by atoms with van der Waals surface area (Å²) in [5, 5.41) is 11.8. The third-order valence-electron chi connectivity index (χ3n) is 3.39. The van der Waals surface area contributed by atoms with Gasteiger partial charge in [0.15, 0.2) is 0 Å². The van der Waals surface area contributed by atoms with E-state index in [2.05, 4.69) is 21.2 Å². The molecule has 1 amide bonds. The van der Waals surface area contributed by atoms with Crippen molar-refractivity contribution in [2.24, 2.45) is 0 Å². The molecule has 108 valence electrons. The van der Waals surface area contributed by atoms with E-state index in [1.165, 1.54) is 0 Å². The fourth-order valence-corrected chi connectivity index (χ4v) is 2.52. The third kappa shape index (κ3) is 3.37. The second kappa shape index (κ2) is 5.93. The minimum Gasteiger partial charge on any atom is -0.481 e. The van der Waals surface area contributed by atoms with Crippen LogP contribution in [0.4, 0.5) is 0 Å². The van der Waals surface area contributed by atoms with E-state index >= 15 is 0 Å². The number of hydrogen-bond acceptors (Lipinski definition) is 3. The van der Waals surface area contributed by atoms with Crippen molar-refractivity contribution in [3.05, 3.63) is 33.8 Å². The van der Waals surface area contributed by atoms with Gasteiger partial charge in [-0.25, -0.2) is 0 Å². The Hall–Kier alpha value is -1.40. The number of carboxylic acid groups (broad SMARTS) is 1. The summed E-state index contributed by atoms with van der Waals surface area (Å²) < 4.78 is 6.18. The van der Waals surface area contributed by atoms with Gasteiger partial charge in [0.25, 0.3) is 5.91 Å². The van der Waals surface area contributed by atoms with E-state index in [0.717, 1.165) is 10.0 Å². The van der Waals surface area contributed by atoms with Crippen LogP contribution in [0.3, 0.4) is 0 Å². The maximum atomic E-state index is 12.3. The van der Waals surface area contributed by atoms with Gasteiger partial charge in [0.05, 0.1) is 18.6 Å². The second-order valence-corrected chi connectivity index (χ2v) is 5.93. The molecule has 2 rings (SSSR count). The number of nitrogens with one attached hydrogen (secondary N) is 1. The van der Waals surface area contributed by atoms with Gasteiger partial charge in [0.2, 0.25) is 0 Å². The van der Waals surface area contributed by atoms with Gasteiger partial charge in [-0.3, -0.25) is 9.59 Å². The molecule has 0 spiro atoms. The molecule has 0 bridgehead atoms. The Morgan fingerprint density at radius 2 is 2.25 bits per heavy atom. The number of benzene rings is 1. The number of aryl methyl sites for hydroxylation is 1. The summed E-state index contributed by atoms with van der Waals surface area (Å²) in [5.41, 5.74) is 0.666. The fraction of sp³-hybridized carbons (Fsp3) is 0.429. The molecule has 2 N–H and O–H groups in total. The van der Waals surface area contributed by atoms with Crippen molar-refractivity contribution in [2.75, 3.05) is 13.2 Å².